The molecule has 0 atom stereocenters. The summed E-state index contributed by atoms with van der Waals surface area (Å²) in [4.78, 5) is 30.5. The maximum absolute atomic E-state index is 13.2. The zero-order chi connectivity index (χ0) is 23.3. The van der Waals surface area contributed by atoms with Crippen molar-refractivity contribution in [2.24, 2.45) is 0 Å². The Labute approximate surface area is 202 Å². The molecule has 1 N–H and O–H groups in total. The number of allylic oxidation sites excluding steroid dienone is 2. The zero-order valence-corrected chi connectivity index (χ0v) is 19.7. The molecule has 0 saturated heterocycles. The fraction of sp³-hybridized carbons (Fsp3) is 0.346. The monoisotopic (exact) mass is 477 g/mol. The van der Waals surface area contributed by atoms with Crippen LogP contribution in [-0.4, -0.2) is 28.0 Å². The van der Waals surface area contributed by atoms with Gasteiger partial charge in [-0.25, -0.2) is 4.98 Å². The van der Waals surface area contributed by atoms with Gasteiger partial charge in [-0.1, -0.05) is 41.6 Å². The molecule has 0 saturated carbocycles. The van der Waals surface area contributed by atoms with Gasteiger partial charge in [0.2, 0.25) is 12.7 Å². The van der Waals surface area contributed by atoms with Crippen molar-refractivity contribution in [1.82, 2.24) is 14.9 Å². The minimum atomic E-state index is -0.119. The van der Waals surface area contributed by atoms with Crippen LogP contribution < -0.4 is 20.3 Å². The first kappa shape index (κ1) is 22.5. The smallest absolute Gasteiger partial charge is 0.262 e. The van der Waals surface area contributed by atoms with Gasteiger partial charge < -0.3 is 14.8 Å². The summed E-state index contributed by atoms with van der Waals surface area (Å²) < 4.78 is 12.4. The van der Waals surface area contributed by atoms with Gasteiger partial charge in [-0.15, -0.1) is 0 Å². The second-order valence-electron chi connectivity index (χ2n) is 8.48. The molecule has 0 unspecified atom stereocenters. The van der Waals surface area contributed by atoms with E-state index >= 15 is 0 Å². The van der Waals surface area contributed by atoms with E-state index in [-0.39, 0.29) is 24.0 Å². The summed E-state index contributed by atoms with van der Waals surface area (Å²) in [5, 5.41) is 4.12. The molecule has 7 nitrogen and oxygen atoms in total. The molecule has 1 aromatic heterocycles. The first-order chi connectivity index (χ1) is 16.7. The molecule has 2 heterocycles. The van der Waals surface area contributed by atoms with Crippen molar-refractivity contribution >= 4 is 28.6 Å². The molecule has 0 bridgehead atoms. The number of carbonyl (C=O) groups is 1. The number of hydrogen-bond donors (Lipinski definition) is 1. The number of carbonyl (C=O) groups excluding carboxylic acids is 1. The van der Waals surface area contributed by atoms with Gasteiger partial charge in [-0.3, -0.25) is 14.2 Å². The molecule has 2 aliphatic rings. The third-order valence-corrected chi connectivity index (χ3v) is 7.10. The second-order valence-corrected chi connectivity index (χ2v) is 9.42. The van der Waals surface area contributed by atoms with Crippen LogP contribution in [0.5, 0.6) is 11.5 Å². The second kappa shape index (κ2) is 10.3. The molecule has 3 aromatic rings. The van der Waals surface area contributed by atoms with E-state index in [1.54, 1.807) is 4.57 Å². The SMILES string of the molecule is O=C(CSc1nc2ccccc2c(=O)n1CCC1=CCCCC1)NCc1ccc2c(c1)OCO2. The van der Waals surface area contributed by atoms with Crippen molar-refractivity contribution in [2.45, 2.75) is 50.4 Å². The molecule has 1 amide bonds. The summed E-state index contributed by atoms with van der Waals surface area (Å²) in [6.45, 7) is 1.19. The number of thioether (sulfide) groups is 1. The summed E-state index contributed by atoms with van der Waals surface area (Å²) in [6, 6.07) is 13.0. The van der Waals surface area contributed by atoms with E-state index in [1.165, 1.54) is 30.2 Å². The Kier molecular flexibility index (Phi) is 6.85. The highest BCUT2D eigenvalue weighted by molar-refractivity contribution is 7.99. The Morgan fingerprint density at radius 1 is 1.12 bits per heavy atom. The van der Waals surface area contributed by atoms with E-state index in [4.69, 9.17) is 14.5 Å². The number of amides is 1. The van der Waals surface area contributed by atoms with Crippen LogP contribution in [0.2, 0.25) is 0 Å². The fourth-order valence-electron chi connectivity index (χ4n) is 4.27. The average Bonchev–Trinajstić information content (AvgIpc) is 3.34. The number of ether oxygens (including phenoxy) is 2. The number of hydrogen-bond acceptors (Lipinski definition) is 6. The van der Waals surface area contributed by atoms with Crippen molar-refractivity contribution in [1.29, 1.82) is 0 Å². The first-order valence-corrected chi connectivity index (χ1v) is 12.6. The van der Waals surface area contributed by atoms with Crippen LogP contribution in [0, 0.1) is 0 Å². The van der Waals surface area contributed by atoms with Crippen LogP contribution >= 0.6 is 11.8 Å². The molecule has 0 fully saturated rings. The zero-order valence-electron chi connectivity index (χ0n) is 18.9. The Morgan fingerprint density at radius 2 is 2.00 bits per heavy atom. The minimum absolute atomic E-state index is 0.0507. The Hall–Kier alpha value is -3.26. The van der Waals surface area contributed by atoms with E-state index in [0.29, 0.717) is 34.9 Å². The molecular weight excluding hydrogens is 450 g/mol. The van der Waals surface area contributed by atoms with Gasteiger partial charge >= 0.3 is 0 Å². The summed E-state index contributed by atoms with van der Waals surface area (Å²) in [5.41, 5.74) is 2.95. The van der Waals surface area contributed by atoms with Crippen molar-refractivity contribution in [3.63, 3.8) is 0 Å². The van der Waals surface area contributed by atoms with Crippen molar-refractivity contribution in [3.05, 3.63) is 70.0 Å². The Bertz CT molecular complexity index is 1300. The Morgan fingerprint density at radius 3 is 2.88 bits per heavy atom. The largest absolute Gasteiger partial charge is 0.454 e. The van der Waals surface area contributed by atoms with E-state index < -0.39 is 0 Å². The molecule has 0 radical (unpaired) electrons. The number of benzene rings is 2. The lowest BCUT2D eigenvalue weighted by molar-refractivity contribution is -0.118. The first-order valence-electron chi connectivity index (χ1n) is 11.6. The maximum atomic E-state index is 13.2. The van der Waals surface area contributed by atoms with Gasteiger partial charge in [-0.05, 0) is 61.9 Å². The van der Waals surface area contributed by atoms with Crippen molar-refractivity contribution in [2.75, 3.05) is 12.5 Å². The number of nitrogens with one attached hydrogen (secondary N) is 1. The van der Waals surface area contributed by atoms with E-state index in [9.17, 15) is 9.59 Å². The lowest BCUT2D eigenvalue weighted by Crippen LogP contribution is -2.27. The fourth-order valence-corrected chi connectivity index (χ4v) is 5.13. The minimum Gasteiger partial charge on any atom is -0.454 e. The maximum Gasteiger partial charge on any atom is 0.262 e. The topological polar surface area (TPSA) is 82.5 Å². The van der Waals surface area contributed by atoms with Crippen LogP contribution in [0.25, 0.3) is 10.9 Å². The van der Waals surface area contributed by atoms with Crippen LogP contribution in [0.15, 0.2) is 64.1 Å². The quantitative estimate of drug-likeness (QED) is 0.294. The van der Waals surface area contributed by atoms with Gasteiger partial charge in [0, 0.05) is 13.1 Å². The van der Waals surface area contributed by atoms with Crippen molar-refractivity contribution < 1.29 is 14.3 Å². The van der Waals surface area contributed by atoms with Crippen LogP contribution in [0.4, 0.5) is 0 Å². The summed E-state index contributed by atoms with van der Waals surface area (Å²) in [7, 11) is 0. The predicted octanol–water partition coefficient (Wildman–Crippen LogP) is 4.42. The summed E-state index contributed by atoms with van der Waals surface area (Å²) in [5.74, 6) is 1.47. The van der Waals surface area contributed by atoms with Crippen molar-refractivity contribution in [3.8, 4) is 11.5 Å². The highest BCUT2D eigenvalue weighted by Crippen LogP contribution is 2.32. The molecule has 8 heteroatoms. The molecule has 1 aliphatic carbocycles. The normalized spacial score (nSPS) is 14.8. The number of nitrogens with zero attached hydrogens (tertiary/aromatic N) is 2. The molecule has 5 rings (SSSR count). The van der Waals surface area contributed by atoms with Gasteiger partial charge in [0.05, 0.1) is 16.7 Å². The summed E-state index contributed by atoms with van der Waals surface area (Å²) in [6.07, 6.45) is 7.81. The van der Waals surface area contributed by atoms with Gasteiger partial charge in [0.1, 0.15) is 0 Å². The summed E-state index contributed by atoms with van der Waals surface area (Å²) >= 11 is 1.30. The molecule has 1 aliphatic heterocycles. The highest BCUT2D eigenvalue weighted by Gasteiger charge is 2.16. The van der Waals surface area contributed by atoms with E-state index in [1.807, 2.05) is 42.5 Å². The molecular formula is C26H27N3O4S. The number of rotatable bonds is 8. The third kappa shape index (κ3) is 5.12. The molecule has 0 spiro atoms. The van der Waals surface area contributed by atoms with Crippen LogP contribution in [0.1, 0.15) is 37.7 Å². The molecule has 176 valence electrons. The van der Waals surface area contributed by atoms with Gasteiger partial charge in [0.25, 0.3) is 5.56 Å². The van der Waals surface area contributed by atoms with E-state index in [0.717, 1.165) is 30.6 Å². The van der Waals surface area contributed by atoms with Gasteiger partial charge in [-0.2, -0.15) is 0 Å². The van der Waals surface area contributed by atoms with E-state index in [2.05, 4.69) is 11.4 Å². The van der Waals surface area contributed by atoms with Gasteiger partial charge in [0.15, 0.2) is 16.7 Å². The number of aromatic nitrogens is 2. The lowest BCUT2D eigenvalue weighted by Gasteiger charge is -2.16. The predicted molar refractivity (Wildman–Crippen MR) is 132 cm³/mol. The third-order valence-electron chi connectivity index (χ3n) is 6.13. The standard InChI is InChI=1S/C26H27N3O4S/c30-24(27-15-19-10-11-22-23(14-19)33-17-32-22)16-34-26-28-21-9-5-4-8-20(21)25(31)29(26)13-12-18-6-2-1-3-7-18/h4-6,8-11,14H,1-3,7,12-13,15-17H2,(H,27,30). The van der Waals surface area contributed by atoms with Crippen LogP contribution in [-0.2, 0) is 17.9 Å². The molecule has 2 aromatic carbocycles. The molecule has 34 heavy (non-hydrogen) atoms. The Balaban J connectivity index is 1.27. The average molecular weight is 478 g/mol. The highest BCUT2D eigenvalue weighted by atomic mass is 32.2. The number of fused-ring (bicyclic) bond motifs is 2. The number of para-hydroxylation sites is 1. The lowest BCUT2D eigenvalue weighted by atomic mass is 9.97. The van der Waals surface area contributed by atoms with Crippen LogP contribution in [0.3, 0.4) is 0 Å².